The van der Waals surface area contributed by atoms with E-state index in [1.807, 2.05) is 13.8 Å². The molecule has 102 valence electrons. The Kier molecular flexibility index (Phi) is 5.68. The number of carbonyl (C=O) groups excluding carboxylic acids is 2. The first-order chi connectivity index (χ1) is 8.56. The molecule has 1 fully saturated rings. The van der Waals surface area contributed by atoms with Crippen molar-refractivity contribution in [3.63, 3.8) is 0 Å². The molecule has 0 N–H and O–H groups in total. The van der Waals surface area contributed by atoms with Crippen LogP contribution in [0.5, 0.6) is 0 Å². The molecule has 1 rings (SSSR count). The first kappa shape index (κ1) is 14.5. The molecule has 1 atom stereocenters. The molecule has 18 heavy (non-hydrogen) atoms. The topological polar surface area (TPSA) is 55.8 Å². The minimum absolute atomic E-state index is 0.156. The van der Waals surface area contributed by atoms with E-state index in [9.17, 15) is 9.59 Å². The van der Waals surface area contributed by atoms with Gasteiger partial charge in [-0.3, -0.25) is 4.90 Å². The monoisotopic (exact) mass is 255 g/mol. The Balaban J connectivity index is 2.50. The molecule has 0 aromatic rings. The van der Waals surface area contributed by atoms with Crippen LogP contribution >= 0.6 is 0 Å². The van der Waals surface area contributed by atoms with E-state index in [1.165, 1.54) is 11.0 Å². The Morgan fingerprint density at radius 3 is 2.78 bits per heavy atom. The zero-order chi connectivity index (χ0) is 13.5. The first-order valence-electron chi connectivity index (χ1n) is 6.27. The quantitative estimate of drug-likeness (QED) is 0.556. The van der Waals surface area contributed by atoms with Crippen LogP contribution < -0.4 is 0 Å². The minimum Gasteiger partial charge on any atom is -0.464 e. The predicted octanol–water partition coefficient (Wildman–Crippen LogP) is 1.97. The van der Waals surface area contributed by atoms with Crippen LogP contribution in [0.15, 0.2) is 12.7 Å². The Hall–Kier alpha value is -1.52. The molecule has 5 heteroatoms. The van der Waals surface area contributed by atoms with Crippen LogP contribution in [-0.4, -0.2) is 42.8 Å². The zero-order valence-corrected chi connectivity index (χ0v) is 11.1. The van der Waals surface area contributed by atoms with Crippen molar-refractivity contribution < 1.29 is 19.1 Å². The number of ether oxygens (including phenoxy) is 2. The largest absolute Gasteiger partial charge is 0.464 e. The molecule has 1 heterocycles. The molecule has 0 aliphatic carbocycles. The Labute approximate surface area is 108 Å². The van der Waals surface area contributed by atoms with Crippen molar-refractivity contribution in [3.05, 3.63) is 12.7 Å². The van der Waals surface area contributed by atoms with Crippen molar-refractivity contribution in [2.24, 2.45) is 5.92 Å². The number of nitrogens with zero attached hydrogens (tertiary/aromatic N) is 1. The van der Waals surface area contributed by atoms with Crippen molar-refractivity contribution >= 4 is 12.1 Å². The Bertz CT molecular complexity index is 314. The molecule has 1 amide bonds. The van der Waals surface area contributed by atoms with Gasteiger partial charge in [0.25, 0.3) is 0 Å². The van der Waals surface area contributed by atoms with Crippen LogP contribution in [0.1, 0.15) is 26.7 Å². The van der Waals surface area contributed by atoms with Gasteiger partial charge in [-0.15, -0.1) is 0 Å². The molecule has 1 saturated heterocycles. The summed E-state index contributed by atoms with van der Waals surface area (Å²) in [5.41, 5.74) is 0. The summed E-state index contributed by atoms with van der Waals surface area (Å²) in [6, 6.07) is -0.499. The number of likely N-dealkylation sites (tertiary alicyclic amines) is 1. The van der Waals surface area contributed by atoms with Gasteiger partial charge in [-0.2, -0.15) is 0 Å². The highest BCUT2D eigenvalue weighted by Crippen LogP contribution is 2.19. The van der Waals surface area contributed by atoms with Crippen LogP contribution in [0.2, 0.25) is 0 Å². The van der Waals surface area contributed by atoms with E-state index in [2.05, 4.69) is 6.58 Å². The van der Waals surface area contributed by atoms with E-state index in [1.54, 1.807) is 0 Å². The molecule has 0 bridgehead atoms. The standard InChI is InChI=1S/C13H21NO4/c1-4-8-17-13(16)14-7-5-6-11(14)12(15)18-9-10(2)3/h4,10-11H,1,5-9H2,2-3H3. The fourth-order valence-electron chi connectivity index (χ4n) is 1.79. The number of hydrogen-bond donors (Lipinski definition) is 0. The maximum Gasteiger partial charge on any atom is 0.410 e. The van der Waals surface area contributed by atoms with E-state index in [4.69, 9.17) is 9.47 Å². The van der Waals surface area contributed by atoms with Crippen LogP contribution in [0, 0.1) is 5.92 Å². The molecule has 0 radical (unpaired) electrons. The lowest BCUT2D eigenvalue weighted by Crippen LogP contribution is -2.42. The SMILES string of the molecule is C=CCOC(=O)N1CCCC1C(=O)OCC(C)C. The van der Waals surface area contributed by atoms with Gasteiger partial charge in [-0.05, 0) is 18.8 Å². The third-order valence-corrected chi connectivity index (χ3v) is 2.64. The van der Waals surface area contributed by atoms with Gasteiger partial charge in [0.2, 0.25) is 0 Å². The fraction of sp³-hybridized carbons (Fsp3) is 0.692. The van der Waals surface area contributed by atoms with E-state index in [0.717, 1.165) is 6.42 Å². The number of esters is 1. The Morgan fingerprint density at radius 1 is 1.44 bits per heavy atom. The van der Waals surface area contributed by atoms with E-state index >= 15 is 0 Å². The highest BCUT2D eigenvalue weighted by molar-refractivity contribution is 5.82. The predicted molar refractivity (Wildman–Crippen MR) is 67.1 cm³/mol. The van der Waals surface area contributed by atoms with Gasteiger partial charge in [0.1, 0.15) is 12.6 Å². The van der Waals surface area contributed by atoms with Crippen LogP contribution in [0.3, 0.4) is 0 Å². The van der Waals surface area contributed by atoms with E-state index < -0.39 is 12.1 Å². The van der Waals surface area contributed by atoms with Crippen molar-refractivity contribution in [2.75, 3.05) is 19.8 Å². The van der Waals surface area contributed by atoms with Crippen molar-refractivity contribution in [1.29, 1.82) is 0 Å². The van der Waals surface area contributed by atoms with Gasteiger partial charge in [0, 0.05) is 6.54 Å². The number of amides is 1. The summed E-state index contributed by atoms with van der Waals surface area (Å²) < 4.78 is 10.1. The third kappa shape index (κ3) is 4.05. The summed E-state index contributed by atoms with van der Waals surface area (Å²) in [5.74, 6) is -0.0479. The lowest BCUT2D eigenvalue weighted by Gasteiger charge is -2.22. The smallest absolute Gasteiger partial charge is 0.410 e. The maximum absolute atomic E-state index is 11.8. The molecule has 0 saturated carbocycles. The van der Waals surface area contributed by atoms with Crippen molar-refractivity contribution in [2.45, 2.75) is 32.7 Å². The molecular formula is C13H21NO4. The summed E-state index contributed by atoms with van der Waals surface area (Å²) >= 11 is 0. The second-order valence-electron chi connectivity index (χ2n) is 4.74. The van der Waals surface area contributed by atoms with Crippen molar-refractivity contribution in [3.8, 4) is 0 Å². The van der Waals surface area contributed by atoms with Gasteiger partial charge in [-0.1, -0.05) is 26.5 Å². The summed E-state index contributed by atoms with van der Waals surface area (Å²) in [7, 11) is 0. The first-order valence-corrected chi connectivity index (χ1v) is 6.27. The Morgan fingerprint density at radius 2 is 2.17 bits per heavy atom. The highest BCUT2D eigenvalue weighted by atomic mass is 16.6. The van der Waals surface area contributed by atoms with Crippen molar-refractivity contribution in [1.82, 2.24) is 4.90 Å². The van der Waals surface area contributed by atoms with Gasteiger partial charge in [0.05, 0.1) is 6.61 Å². The van der Waals surface area contributed by atoms with Gasteiger partial charge in [0.15, 0.2) is 0 Å². The summed E-state index contributed by atoms with van der Waals surface area (Å²) in [4.78, 5) is 25.0. The van der Waals surface area contributed by atoms with Crippen LogP contribution in [0.25, 0.3) is 0 Å². The average molecular weight is 255 g/mol. The van der Waals surface area contributed by atoms with Gasteiger partial charge < -0.3 is 9.47 Å². The zero-order valence-electron chi connectivity index (χ0n) is 11.1. The molecule has 5 nitrogen and oxygen atoms in total. The second-order valence-corrected chi connectivity index (χ2v) is 4.74. The lowest BCUT2D eigenvalue weighted by molar-refractivity contribution is -0.149. The van der Waals surface area contributed by atoms with E-state index in [0.29, 0.717) is 19.6 Å². The third-order valence-electron chi connectivity index (χ3n) is 2.64. The molecular weight excluding hydrogens is 234 g/mol. The molecule has 0 aromatic heterocycles. The summed E-state index contributed by atoms with van der Waals surface area (Å²) in [5, 5.41) is 0. The maximum atomic E-state index is 11.8. The lowest BCUT2D eigenvalue weighted by atomic mass is 10.2. The van der Waals surface area contributed by atoms with Crippen LogP contribution in [-0.2, 0) is 14.3 Å². The number of rotatable bonds is 5. The molecule has 0 aromatic carbocycles. The molecule has 1 aliphatic rings. The molecule has 0 spiro atoms. The summed E-state index contributed by atoms with van der Waals surface area (Å²) in [6.07, 6.45) is 2.46. The molecule has 1 unspecified atom stereocenters. The average Bonchev–Trinajstić information content (AvgIpc) is 2.82. The normalized spacial score (nSPS) is 18.8. The highest BCUT2D eigenvalue weighted by Gasteiger charge is 2.36. The summed E-state index contributed by atoms with van der Waals surface area (Å²) in [6.45, 7) is 8.49. The number of carbonyl (C=O) groups is 2. The fourth-order valence-corrected chi connectivity index (χ4v) is 1.79. The number of hydrogen-bond acceptors (Lipinski definition) is 4. The van der Waals surface area contributed by atoms with E-state index in [-0.39, 0.29) is 18.5 Å². The van der Waals surface area contributed by atoms with Crippen LogP contribution in [0.4, 0.5) is 4.79 Å². The minimum atomic E-state index is -0.499. The molecule has 1 aliphatic heterocycles. The second kappa shape index (κ2) is 7.03. The van der Waals surface area contributed by atoms with Gasteiger partial charge >= 0.3 is 12.1 Å². The van der Waals surface area contributed by atoms with Gasteiger partial charge in [-0.25, -0.2) is 9.59 Å².